The molecule has 5 nitrogen and oxygen atoms in total. The number of halogens is 1. The lowest BCUT2D eigenvalue weighted by molar-refractivity contribution is -0.121. The molecule has 6 heteroatoms. The quantitative estimate of drug-likeness (QED) is 0.275. The lowest BCUT2D eigenvalue weighted by atomic mass is 10.1. The molecule has 0 radical (unpaired) electrons. The molecule has 176 valence electrons. The van der Waals surface area contributed by atoms with Gasteiger partial charge in [0.2, 0.25) is 5.91 Å². The number of nitrogens with one attached hydrogen (secondary N) is 1. The van der Waals surface area contributed by atoms with E-state index < -0.39 is 0 Å². The van der Waals surface area contributed by atoms with Crippen molar-refractivity contribution >= 4 is 28.5 Å². The van der Waals surface area contributed by atoms with Gasteiger partial charge in [0.15, 0.2) is 0 Å². The molecule has 0 bridgehead atoms. The van der Waals surface area contributed by atoms with E-state index in [9.17, 15) is 4.79 Å². The summed E-state index contributed by atoms with van der Waals surface area (Å²) in [6, 6.07) is 23.6. The number of hydrogen-bond acceptors (Lipinski definition) is 3. The Kier molecular flexibility index (Phi) is 7.86. The molecular weight excluding hydrogens is 446 g/mol. The van der Waals surface area contributed by atoms with E-state index in [2.05, 4.69) is 16.0 Å². The van der Waals surface area contributed by atoms with Gasteiger partial charge in [0.25, 0.3) is 0 Å². The summed E-state index contributed by atoms with van der Waals surface area (Å²) in [7, 11) is 0. The number of ether oxygens (including phenoxy) is 1. The Hall–Kier alpha value is -3.31. The van der Waals surface area contributed by atoms with Crippen LogP contribution in [0.25, 0.3) is 11.0 Å². The van der Waals surface area contributed by atoms with Crippen LogP contribution in [0.15, 0.2) is 72.8 Å². The highest BCUT2D eigenvalue weighted by molar-refractivity contribution is 6.31. The maximum absolute atomic E-state index is 12.6. The molecule has 34 heavy (non-hydrogen) atoms. The Morgan fingerprint density at radius 3 is 2.65 bits per heavy atom. The first-order chi connectivity index (χ1) is 16.5. The van der Waals surface area contributed by atoms with Gasteiger partial charge in [-0.3, -0.25) is 4.79 Å². The van der Waals surface area contributed by atoms with Crippen molar-refractivity contribution in [2.75, 3.05) is 6.61 Å². The Labute approximate surface area is 205 Å². The second-order valence-electron chi connectivity index (χ2n) is 8.50. The first-order valence-corrected chi connectivity index (χ1v) is 12.1. The van der Waals surface area contributed by atoms with Crippen LogP contribution in [0.1, 0.15) is 42.8 Å². The fraction of sp³-hybridized carbons (Fsp3) is 0.286. The highest BCUT2D eigenvalue weighted by Crippen LogP contribution is 2.23. The van der Waals surface area contributed by atoms with Gasteiger partial charge in [-0.05, 0) is 68.1 Å². The Morgan fingerprint density at radius 1 is 1.09 bits per heavy atom. The number of aromatic nitrogens is 2. The maximum atomic E-state index is 12.6. The van der Waals surface area contributed by atoms with Crippen molar-refractivity contribution in [1.29, 1.82) is 0 Å². The summed E-state index contributed by atoms with van der Waals surface area (Å²) in [5.41, 5.74) is 4.15. The second-order valence-corrected chi connectivity index (χ2v) is 8.91. The van der Waals surface area contributed by atoms with Gasteiger partial charge in [-0.15, -0.1) is 0 Å². The fourth-order valence-electron chi connectivity index (χ4n) is 4.06. The van der Waals surface area contributed by atoms with Gasteiger partial charge in [0.1, 0.15) is 11.6 Å². The largest absolute Gasteiger partial charge is 0.494 e. The van der Waals surface area contributed by atoms with Crippen molar-refractivity contribution < 1.29 is 9.53 Å². The molecular formula is C28H30ClN3O2. The molecule has 1 N–H and O–H groups in total. The van der Waals surface area contributed by atoms with Crippen LogP contribution in [0.3, 0.4) is 0 Å². The van der Waals surface area contributed by atoms with Crippen molar-refractivity contribution in [2.24, 2.45) is 0 Å². The third-order valence-corrected chi connectivity index (χ3v) is 6.28. The fourth-order valence-corrected chi connectivity index (χ4v) is 4.18. The molecule has 4 aromatic rings. The SMILES string of the molecule is Cc1cc(OCCCn2c(C(C)NC(=O)CCc3ccccc3)nc3ccccc32)ccc1Cl. The lowest BCUT2D eigenvalue weighted by Crippen LogP contribution is -2.29. The van der Waals surface area contributed by atoms with Crippen molar-refractivity contribution in [1.82, 2.24) is 14.9 Å². The summed E-state index contributed by atoms with van der Waals surface area (Å²) in [5.74, 6) is 1.70. The summed E-state index contributed by atoms with van der Waals surface area (Å²) in [6.45, 7) is 5.28. The number of fused-ring (bicyclic) bond motifs is 1. The summed E-state index contributed by atoms with van der Waals surface area (Å²) >= 11 is 6.10. The smallest absolute Gasteiger partial charge is 0.220 e. The van der Waals surface area contributed by atoms with Crippen molar-refractivity contribution in [2.45, 2.75) is 45.7 Å². The molecule has 1 aromatic heterocycles. The summed E-state index contributed by atoms with van der Waals surface area (Å²) in [6.07, 6.45) is 1.98. The maximum Gasteiger partial charge on any atom is 0.220 e. The average Bonchev–Trinajstić information content (AvgIpc) is 3.22. The van der Waals surface area contributed by atoms with Crippen LogP contribution >= 0.6 is 11.6 Å². The summed E-state index contributed by atoms with van der Waals surface area (Å²) < 4.78 is 8.12. The highest BCUT2D eigenvalue weighted by Gasteiger charge is 2.18. The Balaban J connectivity index is 1.39. The minimum atomic E-state index is -0.199. The molecule has 0 aliphatic carbocycles. The normalized spacial score (nSPS) is 12.0. The van der Waals surface area contributed by atoms with E-state index in [0.29, 0.717) is 13.0 Å². The molecule has 1 heterocycles. The lowest BCUT2D eigenvalue weighted by Gasteiger charge is -2.17. The van der Waals surface area contributed by atoms with Gasteiger partial charge < -0.3 is 14.6 Å². The first-order valence-electron chi connectivity index (χ1n) is 11.7. The van der Waals surface area contributed by atoms with Gasteiger partial charge in [-0.25, -0.2) is 4.98 Å². The van der Waals surface area contributed by atoms with Crippen molar-refractivity contribution in [3.8, 4) is 5.75 Å². The number of para-hydroxylation sites is 2. The molecule has 1 amide bonds. The zero-order valence-corrected chi connectivity index (χ0v) is 20.4. The van der Waals surface area contributed by atoms with Gasteiger partial charge in [0, 0.05) is 18.0 Å². The second kappa shape index (κ2) is 11.2. The van der Waals surface area contributed by atoms with E-state index in [1.54, 1.807) is 0 Å². The van der Waals surface area contributed by atoms with Gasteiger partial charge >= 0.3 is 0 Å². The first kappa shape index (κ1) is 23.8. The van der Waals surface area contributed by atoms with E-state index in [-0.39, 0.29) is 11.9 Å². The standard InChI is InChI=1S/C28H30ClN3O2/c1-20-19-23(14-15-24(20)29)34-18-8-17-32-26-12-7-6-11-25(26)31-28(32)21(2)30-27(33)16-13-22-9-4-3-5-10-22/h3-7,9-12,14-15,19,21H,8,13,16-18H2,1-2H3,(H,30,33). The highest BCUT2D eigenvalue weighted by atomic mass is 35.5. The van der Waals surface area contributed by atoms with Crippen LogP contribution in [-0.2, 0) is 17.8 Å². The van der Waals surface area contributed by atoms with E-state index >= 15 is 0 Å². The summed E-state index contributed by atoms with van der Waals surface area (Å²) in [5, 5.41) is 3.87. The van der Waals surface area contributed by atoms with Crippen LogP contribution in [-0.4, -0.2) is 22.1 Å². The predicted molar refractivity (Wildman–Crippen MR) is 137 cm³/mol. The van der Waals surface area contributed by atoms with E-state index in [1.165, 1.54) is 0 Å². The molecule has 0 aliphatic heterocycles. The molecule has 3 aromatic carbocycles. The number of hydrogen-bond donors (Lipinski definition) is 1. The zero-order chi connectivity index (χ0) is 23.9. The molecule has 0 aliphatic rings. The number of carbonyl (C=O) groups is 1. The molecule has 0 saturated carbocycles. The number of rotatable bonds is 10. The van der Waals surface area contributed by atoms with Crippen LogP contribution in [0, 0.1) is 6.92 Å². The number of imidazole rings is 1. The molecule has 4 rings (SSSR count). The van der Waals surface area contributed by atoms with Crippen LogP contribution < -0.4 is 10.1 Å². The predicted octanol–water partition coefficient (Wildman–Crippen LogP) is 6.28. The molecule has 1 unspecified atom stereocenters. The number of aryl methyl sites for hydroxylation is 3. The van der Waals surface area contributed by atoms with Gasteiger partial charge in [0.05, 0.1) is 23.7 Å². The van der Waals surface area contributed by atoms with E-state index in [0.717, 1.165) is 58.1 Å². The molecule has 0 saturated heterocycles. The molecule has 0 spiro atoms. The topological polar surface area (TPSA) is 56.1 Å². The Morgan fingerprint density at radius 2 is 1.85 bits per heavy atom. The van der Waals surface area contributed by atoms with E-state index in [4.69, 9.17) is 21.3 Å². The number of carbonyl (C=O) groups excluding carboxylic acids is 1. The number of amides is 1. The minimum absolute atomic E-state index is 0.0244. The van der Waals surface area contributed by atoms with E-state index in [1.807, 2.05) is 80.6 Å². The van der Waals surface area contributed by atoms with Crippen molar-refractivity contribution in [3.05, 3.63) is 94.8 Å². The van der Waals surface area contributed by atoms with Crippen LogP contribution in [0.5, 0.6) is 5.75 Å². The zero-order valence-electron chi connectivity index (χ0n) is 19.6. The molecule has 1 atom stereocenters. The van der Waals surface area contributed by atoms with Crippen LogP contribution in [0.4, 0.5) is 0 Å². The number of nitrogens with zero attached hydrogens (tertiary/aromatic N) is 2. The monoisotopic (exact) mass is 475 g/mol. The average molecular weight is 476 g/mol. The van der Waals surface area contributed by atoms with Gasteiger partial charge in [-0.1, -0.05) is 54.1 Å². The van der Waals surface area contributed by atoms with Gasteiger partial charge in [-0.2, -0.15) is 0 Å². The third-order valence-electron chi connectivity index (χ3n) is 5.86. The van der Waals surface area contributed by atoms with Crippen LogP contribution in [0.2, 0.25) is 5.02 Å². The Bertz CT molecular complexity index is 1250. The minimum Gasteiger partial charge on any atom is -0.494 e. The van der Waals surface area contributed by atoms with Crippen molar-refractivity contribution in [3.63, 3.8) is 0 Å². The number of benzene rings is 3. The molecule has 0 fully saturated rings. The summed E-state index contributed by atoms with van der Waals surface area (Å²) in [4.78, 5) is 17.5. The third kappa shape index (κ3) is 5.97.